The molecule has 0 aromatic carbocycles. The second-order valence-corrected chi connectivity index (χ2v) is 9.35. The Morgan fingerprint density at radius 2 is 2.00 bits per heavy atom. The van der Waals surface area contributed by atoms with Crippen LogP contribution in [0.15, 0.2) is 16.3 Å². The fourth-order valence-corrected chi connectivity index (χ4v) is 5.21. The molecule has 2 rings (SSSR count). The summed E-state index contributed by atoms with van der Waals surface area (Å²) in [7, 11) is -1.65. The van der Waals surface area contributed by atoms with Crippen molar-refractivity contribution in [1.29, 1.82) is 0 Å². The van der Waals surface area contributed by atoms with Crippen LogP contribution in [0.2, 0.25) is 0 Å². The Labute approximate surface area is 154 Å². The molecule has 0 bridgehead atoms. The van der Waals surface area contributed by atoms with Gasteiger partial charge in [0, 0.05) is 25.7 Å². The third-order valence-electron chi connectivity index (χ3n) is 4.20. The molecule has 138 valence electrons. The largest absolute Gasteiger partial charge is 0.350 e. The van der Waals surface area contributed by atoms with Gasteiger partial charge >= 0.3 is 0 Å². The predicted octanol–water partition coefficient (Wildman–Crippen LogP) is 1.93. The zero-order chi connectivity index (χ0) is 17.0. The van der Waals surface area contributed by atoms with Gasteiger partial charge in [0.15, 0.2) is 0 Å². The zero-order valence-electron chi connectivity index (χ0n) is 14.2. The van der Waals surface area contributed by atoms with E-state index in [1.807, 2.05) is 14.0 Å². The zero-order valence-corrected chi connectivity index (χ0v) is 16.7. The van der Waals surface area contributed by atoms with Crippen molar-refractivity contribution < 1.29 is 13.2 Å². The lowest BCUT2D eigenvalue weighted by atomic mass is 10.0. The summed E-state index contributed by atoms with van der Waals surface area (Å²) in [6.07, 6.45) is 1.78. The van der Waals surface area contributed by atoms with Gasteiger partial charge in [-0.05, 0) is 44.9 Å². The molecule has 1 amide bonds. The van der Waals surface area contributed by atoms with Gasteiger partial charge in [-0.2, -0.15) is 4.31 Å². The quantitative estimate of drug-likeness (QED) is 0.771. The van der Waals surface area contributed by atoms with E-state index in [9.17, 15) is 13.2 Å². The van der Waals surface area contributed by atoms with Crippen LogP contribution in [0.25, 0.3) is 0 Å². The molecule has 1 fully saturated rings. The molecule has 1 unspecified atom stereocenters. The SMILES string of the molecule is CNC(C)CNC(=O)c1ccc(S(=O)(=O)N2CCC(C)CC2)s1.Cl. The first kappa shape index (κ1) is 21.4. The number of likely N-dealkylation sites (N-methyl/N-ethyl adjacent to an activating group) is 1. The second-order valence-electron chi connectivity index (χ2n) is 6.11. The van der Waals surface area contributed by atoms with Crippen molar-refractivity contribution >= 4 is 39.7 Å². The highest BCUT2D eigenvalue weighted by atomic mass is 35.5. The van der Waals surface area contributed by atoms with E-state index >= 15 is 0 Å². The van der Waals surface area contributed by atoms with E-state index in [1.54, 1.807) is 6.07 Å². The van der Waals surface area contributed by atoms with E-state index in [-0.39, 0.29) is 28.6 Å². The summed E-state index contributed by atoms with van der Waals surface area (Å²) in [6, 6.07) is 3.29. The van der Waals surface area contributed by atoms with Crippen molar-refractivity contribution in [3.05, 3.63) is 17.0 Å². The summed E-state index contributed by atoms with van der Waals surface area (Å²) in [5, 5.41) is 5.83. The third kappa shape index (κ3) is 5.16. The number of thiophene rings is 1. The van der Waals surface area contributed by atoms with Crippen LogP contribution in [0.4, 0.5) is 0 Å². The van der Waals surface area contributed by atoms with Crippen LogP contribution >= 0.6 is 23.7 Å². The maximum absolute atomic E-state index is 12.6. The van der Waals surface area contributed by atoms with E-state index in [0.29, 0.717) is 30.4 Å². The predicted molar refractivity (Wildman–Crippen MR) is 99.6 cm³/mol. The van der Waals surface area contributed by atoms with Crippen molar-refractivity contribution in [2.24, 2.45) is 5.92 Å². The molecule has 0 spiro atoms. The lowest BCUT2D eigenvalue weighted by Crippen LogP contribution is -2.37. The molecule has 9 heteroatoms. The van der Waals surface area contributed by atoms with Gasteiger partial charge in [0.1, 0.15) is 4.21 Å². The number of carbonyl (C=O) groups is 1. The maximum Gasteiger partial charge on any atom is 0.261 e. The first-order chi connectivity index (χ1) is 10.8. The second kappa shape index (κ2) is 9.15. The van der Waals surface area contributed by atoms with E-state index < -0.39 is 10.0 Å². The number of sulfonamides is 1. The van der Waals surface area contributed by atoms with E-state index in [4.69, 9.17) is 0 Å². The van der Waals surface area contributed by atoms with Crippen LogP contribution in [0, 0.1) is 5.92 Å². The molecule has 0 saturated carbocycles. The molecule has 1 aromatic heterocycles. The van der Waals surface area contributed by atoms with Crippen LogP contribution in [0.3, 0.4) is 0 Å². The summed E-state index contributed by atoms with van der Waals surface area (Å²) < 4.78 is 27.1. The summed E-state index contributed by atoms with van der Waals surface area (Å²) in [6.45, 7) is 5.72. The Morgan fingerprint density at radius 3 is 2.58 bits per heavy atom. The van der Waals surface area contributed by atoms with Gasteiger partial charge in [-0.3, -0.25) is 4.79 Å². The van der Waals surface area contributed by atoms with Gasteiger partial charge in [-0.25, -0.2) is 8.42 Å². The Morgan fingerprint density at radius 1 is 1.38 bits per heavy atom. The molecule has 24 heavy (non-hydrogen) atoms. The Hall–Kier alpha value is -0.670. The number of nitrogens with one attached hydrogen (secondary N) is 2. The van der Waals surface area contributed by atoms with Crippen LogP contribution in [-0.4, -0.2) is 51.4 Å². The molecule has 1 aromatic rings. The number of hydrogen-bond donors (Lipinski definition) is 2. The Kier molecular flexibility index (Phi) is 8.14. The summed E-state index contributed by atoms with van der Waals surface area (Å²) >= 11 is 1.04. The first-order valence-corrected chi connectivity index (χ1v) is 10.2. The van der Waals surface area contributed by atoms with Crippen LogP contribution in [0.5, 0.6) is 0 Å². The Bertz CT molecular complexity index is 640. The van der Waals surface area contributed by atoms with Crippen molar-refractivity contribution in [3.8, 4) is 0 Å². The van der Waals surface area contributed by atoms with Crippen LogP contribution < -0.4 is 10.6 Å². The summed E-state index contributed by atoms with van der Waals surface area (Å²) in [5.41, 5.74) is 0. The number of hydrogen-bond acceptors (Lipinski definition) is 5. The van der Waals surface area contributed by atoms with Crippen molar-refractivity contribution in [2.45, 2.75) is 36.9 Å². The normalized spacial score (nSPS) is 18.0. The minimum absolute atomic E-state index is 0. The minimum atomic E-state index is -3.47. The van der Waals surface area contributed by atoms with Crippen molar-refractivity contribution in [2.75, 3.05) is 26.7 Å². The lowest BCUT2D eigenvalue weighted by molar-refractivity contribution is 0.0954. The fourth-order valence-electron chi connectivity index (χ4n) is 2.37. The number of halogens is 1. The number of piperidine rings is 1. The molecule has 1 aliphatic rings. The number of amides is 1. The Balaban J connectivity index is 0.00000288. The van der Waals surface area contributed by atoms with Gasteiger partial charge in [-0.1, -0.05) is 6.92 Å². The van der Waals surface area contributed by atoms with Crippen LogP contribution in [0.1, 0.15) is 36.4 Å². The van der Waals surface area contributed by atoms with Gasteiger partial charge in [0.2, 0.25) is 0 Å². The standard InChI is InChI=1S/C15H25N3O3S2.ClH/c1-11-6-8-18(9-7-11)23(20,21)14-5-4-13(22-14)15(19)17-10-12(2)16-3;/h4-5,11-12,16H,6-10H2,1-3H3,(H,17,19);1H. The molecule has 1 saturated heterocycles. The van der Waals surface area contributed by atoms with E-state index in [0.717, 1.165) is 24.2 Å². The molecule has 2 N–H and O–H groups in total. The maximum atomic E-state index is 12.6. The highest BCUT2D eigenvalue weighted by molar-refractivity contribution is 7.91. The van der Waals surface area contributed by atoms with Crippen molar-refractivity contribution in [1.82, 2.24) is 14.9 Å². The van der Waals surface area contributed by atoms with Crippen LogP contribution in [-0.2, 0) is 10.0 Å². The molecular formula is C15H26ClN3O3S2. The smallest absolute Gasteiger partial charge is 0.261 e. The van der Waals surface area contributed by atoms with E-state index in [2.05, 4.69) is 17.6 Å². The number of nitrogens with zero attached hydrogens (tertiary/aromatic N) is 1. The molecule has 0 aliphatic carbocycles. The van der Waals surface area contributed by atoms with Gasteiger partial charge < -0.3 is 10.6 Å². The lowest BCUT2D eigenvalue weighted by Gasteiger charge is -2.28. The number of rotatable bonds is 6. The molecule has 1 atom stereocenters. The minimum Gasteiger partial charge on any atom is -0.350 e. The molecule has 6 nitrogen and oxygen atoms in total. The monoisotopic (exact) mass is 395 g/mol. The average Bonchev–Trinajstić information content (AvgIpc) is 3.03. The van der Waals surface area contributed by atoms with Gasteiger partial charge in [0.25, 0.3) is 15.9 Å². The summed E-state index contributed by atoms with van der Waals surface area (Å²) in [5.74, 6) is 0.339. The topological polar surface area (TPSA) is 78.5 Å². The highest BCUT2D eigenvalue weighted by Gasteiger charge is 2.29. The third-order valence-corrected chi connectivity index (χ3v) is 7.65. The summed E-state index contributed by atoms with van der Waals surface area (Å²) in [4.78, 5) is 12.5. The van der Waals surface area contributed by atoms with Crippen molar-refractivity contribution in [3.63, 3.8) is 0 Å². The fraction of sp³-hybridized carbons (Fsp3) is 0.667. The molecule has 1 aliphatic heterocycles. The van der Waals surface area contributed by atoms with E-state index in [1.165, 1.54) is 10.4 Å². The molecule has 2 heterocycles. The van der Waals surface area contributed by atoms with Gasteiger partial charge in [-0.15, -0.1) is 23.7 Å². The highest BCUT2D eigenvalue weighted by Crippen LogP contribution is 2.28. The average molecular weight is 396 g/mol. The molecule has 0 radical (unpaired) electrons. The first-order valence-electron chi connectivity index (χ1n) is 7.90. The van der Waals surface area contributed by atoms with Gasteiger partial charge in [0.05, 0.1) is 4.88 Å². The number of carbonyl (C=O) groups excluding carboxylic acids is 1. The molecular weight excluding hydrogens is 370 g/mol.